The molecule has 0 aliphatic carbocycles. The summed E-state index contributed by atoms with van der Waals surface area (Å²) in [5, 5.41) is 0.217. The van der Waals surface area contributed by atoms with E-state index in [0.717, 1.165) is 19.3 Å². The highest BCUT2D eigenvalue weighted by atomic mass is 79.9. The first-order valence-electron chi connectivity index (χ1n) is 5.52. The second kappa shape index (κ2) is 7.10. The van der Waals surface area contributed by atoms with Crippen molar-refractivity contribution in [2.45, 2.75) is 31.1 Å². The van der Waals surface area contributed by atoms with E-state index >= 15 is 0 Å². The fourth-order valence-corrected chi connectivity index (χ4v) is 4.45. The van der Waals surface area contributed by atoms with Crippen LogP contribution in [0.4, 0.5) is 0 Å². The lowest BCUT2D eigenvalue weighted by atomic mass is 10.3. The molecule has 1 rings (SSSR count). The van der Waals surface area contributed by atoms with Gasteiger partial charge in [-0.25, -0.2) is 13.1 Å². The molecule has 0 unspecified atom stereocenters. The quantitative estimate of drug-likeness (QED) is 0.757. The van der Waals surface area contributed by atoms with Crippen molar-refractivity contribution >= 4 is 49.2 Å². The molecular formula is C11H14BrCl2NO2S. The zero-order valence-corrected chi connectivity index (χ0v) is 13.8. The molecule has 0 aliphatic rings. The third-order valence-corrected chi connectivity index (χ3v) is 5.14. The lowest BCUT2D eigenvalue weighted by Gasteiger charge is -2.10. The molecule has 0 amide bonds. The van der Waals surface area contributed by atoms with Gasteiger partial charge in [0, 0.05) is 11.0 Å². The van der Waals surface area contributed by atoms with Gasteiger partial charge in [0.1, 0.15) is 4.90 Å². The molecule has 0 spiro atoms. The van der Waals surface area contributed by atoms with Crippen LogP contribution >= 0.6 is 39.1 Å². The largest absolute Gasteiger partial charge is 0.243 e. The van der Waals surface area contributed by atoms with Gasteiger partial charge in [-0.05, 0) is 18.6 Å². The standard InChI is InChI=1S/C11H14BrCl2NO2S/c1-2-3-4-5-15-18(16,17)11-9(13)6-8(12)7-10(11)14/h6-7,15H,2-5H2,1H3. The van der Waals surface area contributed by atoms with Gasteiger partial charge in [-0.1, -0.05) is 58.9 Å². The molecule has 0 atom stereocenters. The van der Waals surface area contributed by atoms with E-state index in [1.807, 2.05) is 0 Å². The van der Waals surface area contributed by atoms with Crippen molar-refractivity contribution in [2.75, 3.05) is 6.54 Å². The Kier molecular flexibility index (Phi) is 6.41. The lowest BCUT2D eigenvalue weighted by Crippen LogP contribution is -2.25. The minimum absolute atomic E-state index is 0.0643. The van der Waals surface area contributed by atoms with Crippen LogP contribution in [0.1, 0.15) is 26.2 Å². The van der Waals surface area contributed by atoms with Crippen LogP contribution in [-0.4, -0.2) is 15.0 Å². The van der Waals surface area contributed by atoms with Crippen LogP contribution in [0.3, 0.4) is 0 Å². The van der Waals surface area contributed by atoms with Gasteiger partial charge in [-0.15, -0.1) is 0 Å². The summed E-state index contributed by atoms with van der Waals surface area (Å²) in [6.45, 7) is 2.44. The van der Waals surface area contributed by atoms with Crippen LogP contribution in [0.2, 0.25) is 10.0 Å². The number of nitrogens with one attached hydrogen (secondary N) is 1. The molecule has 0 bridgehead atoms. The van der Waals surface area contributed by atoms with E-state index in [-0.39, 0.29) is 14.9 Å². The number of halogens is 3. The van der Waals surface area contributed by atoms with E-state index in [2.05, 4.69) is 27.6 Å². The summed E-state index contributed by atoms with van der Waals surface area (Å²) in [6.07, 6.45) is 2.80. The minimum Gasteiger partial charge on any atom is -0.211 e. The molecule has 3 nitrogen and oxygen atoms in total. The Morgan fingerprint density at radius 3 is 2.28 bits per heavy atom. The first-order chi connectivity index (χ1) is 8.38. The van der Waals surface area contributed by atoms with Gasteiger partial charge in [0.25, 0.3) is 0 Å². The summed E-state index contributed by atoms with van der Waals surface area (Å²) in [6, 6.07) is 3.02. The Morgan fingerprint density at radius 2 is 1.78 bits per heavy atom. The predicted molar refractivity (Wildman–Crippen MR) is 78.9 cm³/mol. The van der Waals surface area contributed by atoms with Crippen molar-refractivity contribution in [1.82, 2.24) is 4.72 Å². The number of unbranched alkanes of at least 4 members (excludes halogenated alkanes) is 2. The van der Waals surface area contributed by atoms with Crippen LogP contribution < -0.4 is 4.72 Å². The van der Waals surface area contributed by atoms with E-state index in [1.165, 1.54) is 12.1 Å². The molecule has 1 N–H and O–H groups in total. The molecule has 0 fully saturated rings. The van der Waals surface area contributed by atoms with E-state index < -0.39 is 10.0 Å². The van der Waals surface area contributed by atoms with E-state index in [4.69, 9.17) is 23.2 Å². The fraction of sp³-hybridized carbons (Fsp3) is 0.455. The molecule has 0 saturated heterocycles. The molecular weight excluding hydrogens is 361 g/mol. The summed E-state index contributed by atoms with van der Waals surface area (Å²) < 4.78 is 27.2. The summed E-state index contributed by atoms with van der Waals surface area (Å²) in [7, 11) is -3.65. The lowest BCUT2D eigenvalue weighted by molar-refractivity contribution is 0.576. The first-order valence-corrected chi connectivity index (χ1v) is 8.56. The predicted octanol–water partition coefficient (Wildman–Crippen LogP) is 4.22. The van der Waals surface area contributed by atoms with Crippen LogP contribution in [-0.2, 0) is 10.0 Å². The van der Waals surface area contributed by atoms with Gasteiger partial charge < -0.3 is 0 Å². The molecule has 18 heavy (non-hydrogen) atoms. The van der Waals surface area contributed by atoms with Crippen molar-refractivity contribution in [3.63, 3.8) is 0 Å². The van der Waals surface area contributed by atoms with Gasteiger partial charge in [-0.2, -0.15) is 0 Å². The fourth-order valence-electron chi connectivity index (χ4n) is 1.44. The van der Waals surface area contributed by atoms with Crippen molar-refractivity contribution in [3.05, 3.63) is 26.7 Å². The zero-order valence-electron chi connectivity index (χ0n) is 9.84. The maximum atomic E-state index is 12.1. The maximum absolute atomic E-state index is 12.1. The van der Waals surface area contributed by atoms with Crippen molar-refractivity contribution in [3.8, 4) is 0 Å². The maximum Gasteiger partial charge on any atom is 0.243 e. The number of benzene rings is 1. The molecule has 1 aromatic carbocycles. The molecule has 0 aliphatic heterocycles. The second-order valence-electron chi connectivity index (χ2n) is 3.80. The van der Waals surface area contributed by atoms with Crippen molar-refractivity contribution in [2.24, 2.45) is 0 Å². The first kappa shape index (κ1) is 16.2. The smallest absolute Gasteiger partial charge is 0.211 e. The molecule has 7 heteroatoms. The van der Waals surface area contributed by atoms with Crippen molar-refractivity contribution in [1.29, 1.82) is 0 Å². The van der Waals surface area contributed by atoms with Crippen molar-refractivity contribution < 1.29 is 8.42 Å². The monoisotopic (exact) mass is 373 g/mol. The highest BCUT2D eigenvalue weighted by molar-refractivity contribution is 9.10. The Bertz CT molecular complexity index is 497. The topological polar surface area (TPSA) is 46.2 Å². The Hall–Kier alpha value is 0.190. The van der Waals surface area contributed by atoms with Gasteiger partial charge in [0.05, 0.1) is 10.0 Å². The SMILES string of the molecule is CCCCCNS(=O)(=O)c1c(Cl)cc(Br)cc1Cl. The van der Waals surface area contributed by atoms with Gasteiger partial charge >= 0.3 is 0 Å². The number of rotatable bonds is 6. The molecule has 102 valence electrons. The Morgan fingerprint density at radius 1 is 1.22 bits per heavy atom. The van der Waals surface area contributed by atoms with Gasteiger partial charge in [0.15, 0.2) is 0 Å². The zero-order chi connectivity index (χ0) is 13.8. The molecule has 1 aromatic rings. The van der Waals surface area contributed by atoms with Crippen LogP contribution in [0.15, 0.2) is 21.5 Å². The number of sulfonamides is 1. The normalized spacial score (nSPS) is 11.8. The number of hydrogen-bond donors (Lipinski definition) is 1. The average molecular weight is 375 g/mol. The number of hydrogen-bond acceptors (Lipinski definition) is 2. The van der Waals surface area contributed by atoms with E-state index in [9.17, 15) is 8.42 Å². The second-order valence-corrected chi connectivity index (χ2v) is 7.24. The van der Waals surface area contributed by atoms with Gasteiger partial charge in [-0.3, -0.25) is 0 Å². The summed E-state index contributed by atoms with van der Waals surface area (Å²) in [4.78, 5) is -0.0643. The molecule has 0 aromatic heterocycles. The Balaban J connectivity index is 2.92. The Labute approximate surface area is 126 Å². The average Bonchev–Trinajstić information content (AvgIpc) is 2.22. The van der Waals surface area contributed by atoms with Crippen LogP contribution in [0.5, 0.6) is 0 Å². The highest BCUT2D eigenvalue weighted by Crippen LogP contribution is 2.32. The van der Waals surface area contributed by atoms with E-state index in [0.29, 0.717) is 11.0 Å². The molecule has 0 radical (unpaired) electrons. The third kappa shape index (κ3) is 4.38. The summed E-state index contributed by atoms with van der Waals surface area (Å²) in [5.74, 6) is 0. The molecule has 0 heterocycles. The van der Waals surface area contributed by atoms with Gasteiger partial charge in [0.2, 0.25) is 10.0 Å². The summed E-state index contributed by atoms with van der Waals surface area (Å²) in [5.41, 5.74) is 0. The third-order valence-electron chi connectivity index (χ3n) is 2.30. The molecule has 0 saturated carbocycles. The van der Waals surface area contributed by atoms with Crippen LogP contribution in [0.25, 0.3) is 0 Å². The minimum atomic E-state index is -3.65. The van der Waals surface area contributed by atoms with Crippen LogP contribution in [0, 0.1) is 0 Å². The summed E-state index contributed by atoms with van der Waals surface area (Å²) >= 11 is 15.1. The highest BCUT2D eigenvalue weighted by Gasteiger charge is 2.21. The van der Waals surface area contributed by atoms with E-state index in [1.54, 1.807) is 0 Å².